The Kier molecular flexibility index (Phi) is 8.06. The van der Waals surface area contributed by atoms with Crippen LogP contribution in [0.1, 0.15) is 55.8 Å². The molecule has 0 radical (unpaired) electrons. The number of carbonyl (C=O) groups is 1. The smallest absolute Gasteiger partial charge is 0.251 e. The third kappa shape index (κ3) is 5.53. The van der Waals surface area contributed by atoms with E-state index in [-0.39, 0.29) is 17.2 Å². The number of nitrogens with one attached hydrogen (secondary N) is 1. The molecule has 6 nitrogen and oxygen atoms in total. The predicted octanol–water partition coefficient (Wildman–Crippen LogP) is 4.14. The Morgan fingerprint density at radius 2 is 1.56 bits per heavy atom. The van der Waals surface area contributed by atoms with E-state index in [2.05, 4.69) is 10.2 Å². The number of hydrogen-bond donors (Lipinski definition) is 1. The van der Waals surface area contributed by atoms with Gasteiger partial charge in [-0.25, -0.2) is 8.42 Å². The van der Waals surface area contributed by atoms with Crippen LogP contribution in [-0.2, 0) is 10.0 Å². The van der Waals surface area contributed by atoms with Crippen molar-refractivity contribution in [3.8, 4) is 11.1 Å². The highest BCUT2D eigenvalue weighted by Gasteiger charge is 2.41. The number of hydrogen-bond acceptors (Lipinski definition) is 4. The molecule has 1 amide bonds. The van der Waals surface area contributed by atoms with E-state index in [1.807, 2.05) is 61.5 Å². The minimum atomic E-state index is -3.16. The summed E-state index contributed by atoms with van der Waals surface area (Å²) in [5, 5.41) is 3.27. The number of nitrogens with zero attached hydrogens (tertiary/aromatic N) is 2. The van der Waals surface area contributed by atoms with Crippen LogP contribution >= 0.6 is 0 Å². The van der Waals surface area contributed by atoms with Crippen molar-refractivity contribution >= 4 is 15.9 Å². The fourth-order valence-corrected chi connectivity index (χ4v) is 7.03. The predicted molar refractivity (Wildman–Crippen MR) is 137 cm³/mol. The van der Waals surface area contributed by atoms with E-state index >= 15 is 0 Å². The molecule has 2 fully saturated rings. The van der Waals surface area contributed by atoms with E-state index in [9.17, 15) is 13.2 Å². The van der Waals surface area contributed by atoms with Crippen LogP contribution < -0.4 is 5.32 Å². The van der Waals surface area contributed by atoms with Crippen molar-refractivity contribution in [2.45, 2.75) is 51.0 Å². The first kappa shape index (κ1) is 24.9. The van der Waals surface area contributed by atoms with Crippen LogP contribution in [0, 0.1) is 0 Å². The summed E-state index contributed by atoms with van der Waals surface area (Å²) in [6, 6.07) is 17.8. The van der Waals surface area contributed by atoms with Crippen molar-refractivity contribution < 1.29 is 13.2 Å². The summed E-state index contributed by atoms with van der Waals surface area (Å²) in [5.74, 6) is 0.170. The lowest BCUT2D eigenvalue weighted by Gasteiger charge is -2.49. The van der Waals surface area contributed by atoms with Gasteiger partial charge >= 0.3 is 0 Å². The molecule has 1 heterocycles. The molecule has 7 heteroatoms. The fourth-order valence-electron chi connectivity index (χ4n) is 5.53. The molecule has 1 aliphatic carbocycles. The summed E-state index contributed by atoms with van der Waals surface area (Å²) in [7, 11) is -3.16. The highest BCUT2D eigenvalue weighted by Crippen LogP contribution is 2.34. The minimum Gasteiger partial charge on any atom is -0.350 e. The molecule has 1 saturated heterocycles. The maximum Gasteiger partial charge on any atom is 0.251 e. The van der Waals surface area contributed by atoms with Crippen LogP contribution in [0.3, 0.4) is 0 Å². The van der Waals surface area contributed by atoms with Crippen LogP contribution in [0.4, 0.5) is 0 Å². The molecule has 0 unspecified atom stereocenters. The molecule has 0 atom stereocenters. The van der Waals surface area contributed by atoms with Crippen molar-refractivity contribution in [3.05, 3.63) is 60.2 Å². The summed E-state index contributed by atoms with van der Waals surface area (Å²) in [4.78, 5) is 15.8. The zero-order valence-corrected chi connectivity index (χ0v) is 21.0. The Balaban J connectivity index is 1.47. The second-order valence-electron chi connectivity index (χ2n) is 9.58. The standard InChI is InChI=1S/C27H37N3O3S/c1-2-21-34(32,33)30-19-17-29(18-20-30)27(15-9-4-10-16-27)22-28-26(31)25-14-8-7-13-24(25)23-11-5-3-6-12-23/h3,5-8,11-14H,2,4,9-10,15-22H2,1H3,(H,28,31). The number of carbonyl (C=O) groups excluding carboxylic acids is 1. The number of amides is 1. The van der Waals surface area contributed by atoms with E-state index < -0.39 is 10.0 Å². The average Bonchev–Trinajstić information content (AvgIpc) is 2.88. The zero-order valence-electron chi connectivity index (χ0n) is 20.2. The number of piperazine rings is 1. The SMILES string of the molecule is CCCS(=O)(=O)N1CCN(C2(CNC(=O)c3ccccc3-c3ccccc3)CCCCC2)CC1. The van der Waals surface area contributed by atoms with Crippen LogP contribution in [-0.4, -0.2) is 67.5 Å². The monoisotopic (exact) mass is 483 g/mol. The molecule has 2 aromatic rings. The quantitative estimate of drug-likeness (QED) is 0.613. The molecule has 2 aromatic carbocycles. The Morgan fingerprint density at radius 3 is 2.24 bits per heavy atom. The highest BCUT2D eigenvalue weighted by atomic mass is 32.2. The van der Waals surface area contributed by atoms with Crippen LogP contribution in [0.5, 0.6) is 0 Å². The Hall–Kier alpha value is -2.22. The zero-order chi connectivity index (χ0) is 24.0. The van der Waals surface area contributed by atoms with E-state index in [4.69, 9.17) is 0 Å². The maximum atomic E-state index is 13.3. The van der Waals surface area contributed by atoms with Gasteiger partial charge in [0.05, 0.1) is 5.75 Å². The molecule has 1 aliphatic heterocycles. The summed E-state index contributed by atoms with van der Waals surface area (Å²) < 4.78 is 26.7. The van der Waals surface area contributed by atoms with E-state index in [1.54, 1.807) is 4.31 Å². The molecule has 2 aliphatic rings. The van der Waals surface area contributed by atoms with E-state index in [0.29, 0.717) is 31.6 Å². The molecule has 0 aromatic heterocycles. The average molecular weight is 484 g/mol. The van der Waals surface area contributed by atoms with Crippen molar-refractivity contribution in [1.29, 1.82) is 0 Å². The normalized spacial score (nSPS) is 19.6. The van der Waals surface area contributed by atoms with Gasteiger partial charge in [0, 0.05) is 43.8 Å². The lowest BCUT2D eigenvalue weighted by molar-refractivity contribution is 0.0240. The Labute approximate surface area is 204 Å². The van der Waals surface area contributed by atoms with Gasteiger partial charge in [-0.3, -0.25) is 9.69 Å². The van der Waals surface area contributed by atoms with Gasteiger partial charge < -0.3 is 5.32 Å². The van der Waals surface area contributed by atoms with E-state index in [0.717, 1.165) is 49.9 Å². The lowest BCUT2D eigenvalue weighted by atomic mass is 9.79. The van der Waals surface area contributed by atoms with Crippen molar-refractivity contribution in [2.24, 2.45) is 0 Å². The van der Waals surface area contributed by atoms with Gasteiger partial charge in [-0.05, 0) is 36.5 Å². The Bertz CT molecular complexity index is 1060. The van der Waals surface area contributed by atoms with Gasteiger partial charge in [0.25, 0.3) is 5.91 Å². The summed E-state index contributed by atoms with van der Waals surface area (Å²) in [6.07, 6.45) is 6.22. The van der Waals surface area contributed by atoms with E-state index in [1.165, 1.54) is 6.42 Å². The molecule has 1 saturated carbocycles. The number of sulfonamides is 1. The molecule has 34 heavy (non-hydrogen) atoms. The molecule has 4 rings (SSSR count). The first-order valence-electron chi connectivity index (χ1n) is 12.6. The molecular weight excluding hydrogens is 446 g/mol. The first-order valence-corrected chi connectivity index (χ1v) is 14.2. The van der Waals surface area contributed by atoms with Crippen LogP contribution in [0.15, 0.2) is 54.6 Å². The third-order valence-electron chi connectivity index (χ3n) is 7.38. The number of benzene rings is 2. The van der Waals surface area contributed by atoms with Gasteiger partial charge in [0.1, 0.15) is 0 Å². The largest absolute Gasteiger partial charge is 0.350 e. The molecule has 184 valence electrons. The second kappa shape index (κ2) is 11.0. The fraction of sp³-hybridized carbons (Fsp3) is 0.519. The van der Waals surface area contributed by atoms with Crippen molar-refractivity contribution in [1.82, 2.24) is 14.5 Å². The van der Waals surface area contributed by atoms with Gasteiger partial charge in [0.2, 0.25) is 10.0 Å². The molecule has 0 spiro atoms. The van der Waals surface area contributed by atoms with Gasteiger partial charge in [-0.2, -0.15) is 4.31 Å². The van der Waals surface area contributed by atoms with Crippen molar-refractivity contribution in [3.63, 3.8) is 0 Å². The summed E-state index contributed by atoms with van der Waals surface area (Å²) in [6.45, 7) is 5.02. The maximum absolute atomic E-state index is 13.3. The summed E-state index contributed by atoms with van der Waals surface area (Å²) in [5.41, 5.74) is 2.56. The highest BCUT2D eigenvalue weighted by molar-refractivity contribution is 7.89. The first-order chi connectivity index (χ1) is 16.5. The lowest BCUT2D eigenvalue weighted by Crippen LogP contribution is -2.62. The van der Waals surface area contributed by atoms with Crippen LogP contribution in [0.2, 0.25) is 0 Å². The molecule has 0 bridgehead atoms. The third-order valence-corrected chi connectivity index (χ3v) is 9.46. The van der Waals surface area contributed by atoms with Gasteiger partial charge in [-0.15, -0.1) is 0 Å². The second-order valence-corrected chi connectivity index (χ2v) is 11.7. The van der Waals surface area contributed by atoms with Gasteiger partial charge in [0.15, 0.2) is 0 Å². The van der Waals surface area contributed by atoms with Crippen molar-refractivity contribution in [2.75, 3.05) is 38.5 Å². The topological polar surface area (TPSA) is 69.7 Å². The minimum absolute atomic E-state index is 0.0476. The van der Waals surface area contributed by atoms with Gasteiger partial charge in [-0.1, -0.05) is 74.7 Å². The van der Waals surface area contributed by atoms with Crippen LogP contribution in [0.25, 0.3) is 11.1 Å². The molecule has 1 N–H and O–H groups in total. The summed E-state index contributed by atoms with van der Waals surface area (Å²) >= 11 is 0. The molecular formula is C27H37N3O3S. The Morgan fingerprint density at radius 1 is 0.912 bits per heavy atom. The number of rotatable bonds is 8.